The van der Waals surface area contributed by atoms with Crippen molar-refractivity contribution in [1.29, 1.82) is 0 Å². The van der Waals surface area contributed by atoms with Gasteiger partial charge in [0.15, 0.2) is 0 Å². The van der Waals surface area contributed by atoms with E-state index in [1.807, 2.05) is 18.7 Å². The van der Waals surface area contributed by atoms with Gasteiger partial charge in [-0.05, 0) is 43.9 Å². The zero-order chi connectivity index (χ0) is 15.5. The Morgan fingerprint density at radius 2 is 2.00 bits per heavy atom. The first-order chi connectivity index (χ1) is 10.2. The van der Waals surface area contributed by atoms with Crippen LogP contribution in [0.25, 0.3) is 0 Å². The number of nitrogens with one attached hydrogen (secondary N) is 2. The Morgan fingerprint density at radius 1 is 1.24 bits per heavy atom. The number of hydrogen-bond acceptors (Lipinski definition) is 3. The molecule has 1 aromatic carbocycles. The fourth-order valence-electron chi connectivity index (χ4n) is 2.09. The molecular weight excluding hydrogens is 287 g/mol. The Bertz CT molecular complexity index is 440. The molecule has 0 aliphatic heterocycles. The third-order valence-corrected chi connectivity index (χ3v) is 3.87. The van der Waals surface area contributed by atoms with Crippen LogP contribution >= 0.6 is 11.8 Å². The lowest BCUT2D eigenvalue weighted by Crippen LogP contribution is -2.25. The van der Waals surface area contributed by atoms with Crippen molar-refractivity contribution in [3.8, 4) is 0 Å². The summed E-state index contributed by atoms with van der Waals surface area (Å²) in [5.74, 6) is 0.595. The van der Waals surface area contributed by atoms with Gasteiger partial charge in [0.25, 0.3) is 5.91 Å². The van der Waals surface area contributed by atoms with Gasteiger partial charge in [-0.3, -0.25) is 4.79 Å². The Hall–Kier alpha value is -1.23. The fourth-order valence-corrected chi connectivity index (χ4v) is 2.58. The first-order valence-electron chi connectivity index (χ1n) is 7.50. The van der Waals surface area contributed by atoms with Crippen molar-refractivity contribution >= 4 is 23.4 Å². The minimum atomic E-state index is -0.387. The van der Waals surface area contributed by atoms with Gasteiger partial charge in [0.05, 0.1) is 11.3 Å². The maximum Gasteiger partial charge on any atom is 0.253 e. The Morgan fingerprint density at radius 3 is 2.71 bits per heavy atom. The number of thioether (sulfide) groups is 1. The first-order valence-corrected chi connectivity index (χ1v) is 8.89. The lowest BCUT2D eigenvalue weighted by molar-refractivity contribution is 0.0953. The molecule has 0 spiro atoms. The molecule has 0 saturated carbocycles. The highest BCUT2D eigenvalue weighted by atomic mass is 32.2. The van der Waals surface area contributed by atoms with E-state index in [0.717, 1.165) is 12.8 Å². The molecule has 21 heavy (non-hydrogen) atoms. The maximum atomic E-state index is 13.7. The quantitative estimate of drug-likeness (QED) is 0.644. The fraction of sp³-hybridized carbons (Fsp3) is 0.562. The number of rotatable bonds is 10. The van der Waals surface area contributed by atoms with Crippen molar-refractivity contribution in [2.45, 2.75) is 32.6 Å². The van der Waals surface area contributed by atoms with E-state index in [9.17, 15) is 9.18 Å². The standard InChI is InChI=1S/C16H25FN2OS/c1-3-18-15-13(9-8-10-14(15)17)16(20)19-11-6-4-5-7-12-21-2/h8-10,18H,3-7,11-12H2,1-2H3,(H,19,20). The van der Waals surface area contributed by atoms with Gasteiger partial charge in [-0.25, -0.2) is 4.39 Å². The van der Waals surface area contributed by atoms with Gasteiger partial charge in [-0.1, -0.05) is 18.9 Å². The molecule has 0 fully saturated rings. The van der Waals surface area contributed by atoms with Gasteiger partial charge < -0.3 is 10.6 Å². The van der Waals surface area contributed by atoms with Crippen LogP contribution in [0.1, 0.15) is 43.0 Å². The molecule has 0 heterocycles. The summed E-state index contributed by atoms with van der Waals surface area (Å²) in [7, 11) is 0. The molecular formula is C16H25FN2OS. The minimum Gasteiger partial charge on any atom is -0.382 e. The van der Waals surface area contributed by atoms with Crippen molar-refractivity contribution in [2.75, 3.05) is 30.4 Å². The summed E-state index contributed by atoms with van der Waals surface area (Å²) in [5, 5.41) is 5.78. The summed E-state index contributed by atoms with van der Waals surface area (Å²) in [5.41, 5.74) is 0.664. The Balaban J connectivity index is 2.40. The largest absolute Gasteiger partial charge is 0.382 e. The molecule has 1 aromatic rings. The average Bonchev–Trinajstić information content (AvgIpc) is 2.48. The van der Waals surface area contributed by atoms with Gasteiger partial charge in [-0.2, -0.15) is 11.8 Å². The summed E-state index contributed by atoms with van der Waals surface area (Å²) in [6.45, 7) is 3.10. The Labute approximate surface area is 131 Å². The van der Waals surface area contributed by atoms with Gasteiger partial charge in [0, 0.05) is 13.1 Å². The molecule has 0 aliphatic carbocycles. The van der Waals surface area contributed by atoms with Gasteiger partial charge in [-0.15, -0.1) is 0 Å². The minimum absolute atomic E-state index is 0.213. The van der Waals surface area contributed by atoms with E-state index in [2.05, 4.69) is 16.9 Å². The van der Waals surface area contributed by atoms with Crippen molar-refractivity contribution in [3.63, 3.8) is 0 Å². The molecule has 5 heteroatoms. The molecule has 1 amide bonds. The number of para-hydroxylation sites is 1. The third kappa shape index (κ3) is 6.38. The van der Waals surface area contributed by atoms with Crippen molar-refractivity contribution in [1.82, 2.24) is 5.32 Å². The number of amides is 1. The van der Waals surface area contributed by atoms with Crippen LogP contribution in [0, 0.1) is 5.82 Å². The predicted molar refractivity (Wildman–Crippen MR) is 89.7 cm³/mol. The number of carbonyl (C=O) groups is 1. The number of anilines is 1. The van der Waals surface area contributed by atoms with Crippen LogP contribution in [-0.2, 0) is 0 Å². The molecule has 0 unspecified atom stereocenters. The molecule has 0 atom stereocenters. The van der Waals surface area contributed by atoms with E-state index < -0.39 is 0 Å². The monoisotopic (exact) mass is 312 g/mol. The number of carbonyl (C=O) groups excluding carboxylic acids is 1. The SMILES string of the molecule is CCNc1c(F)cccc1C(=O)NCCCCCCSC. The summed E-state index contributed by atoms with van der Waals surface area (Å²) in [6, 6.07) is 4.57. The van der Waals surface area contributed by atoms with Crippen LogP contribution in [0.4, 0.5) is 10.1 Å². The normalized spacial score (nSPS) is 10.4. The lowest BCUT2D eigenvalue weighted by Gasteiger charge is -2.12. The van der Waals surface area contributed by atoms with E-state index in [-0.39, 0.29) is 17.4 Å². The summed E-state index contributed by atoms with van der Waals surface area (Å²) in [6.07, 6.45) is 6.61. The summed E-state index contributed by atoms with van der Waals surface area (Å²) >= 11 is 1.86. The van der Waals surface area contributed by atoms with E-state index in [4.69, 9.17) is 0 Å². The average molecular weight is 312 g/mol. The highest BCUT2D eigenvalue weighted by Gasteiger charge is 2.13. The van der Waals surface area contributed by atoms with E-state index in [0.29, 0.717) is 18.7 Å². The highest BCUT2D eigenvalue weighted by molar-refractivity contribution is 7.98. The number of unbranched alkanes of at least 4 members (excludes halogenated alkanes) is 3. The second kappa shape index (κ2) is 10.5. The second-order valence-electron chi connectivity index (χ2n) is 4.86. The molecule has 118 valence electrons. The molecule has 0 radical (unpaired) electrons. The van der Waals surface area contributed by atoms with E-state index in [1.165, 1.54) is 24.7 Å². The topological polar surface area (TPSA) is 41.1 Å². The van der Waals surface area contributed by atoms with Crippen LogP contribution in [0.5, 0.6) is 0 Å². The van der Waals surface area contributed by atoms with Crippen LogP contribution in [0.2, 0.25) is 0 Å². The molecule has 0 saturated heterocycles. The van der Waals surface area contributed by atoms with Crippen LogP contribution in [0.15, 0.2) is 18.2 Å². The predicted octanol–water partition coefficient (Wildman–Crippen LogP) is 3.91. The number of benzene rings is 1. The van der Waals surface area contributed by atoms with Crippen molar-refractivity contribution in [3.05, 3.63) is 29.6 Å². The van der Waals surface area contributed by atoms with Gasteiger partial charge >= 0.3 is 0 Å². The summed E-state index contributed by atoms with van der Waals surface area (Å²) in [4.78, 5) is 12.1. The maximum absolute atomic E-state index is 13.7. The number of hydrogen-bond donors (Lipinski definition) is 2. The lowest BCUT2D eigenvalue weighted by atomic mass is 10.1. The van der Waals surface area contributed by atoms with Crippen molar-refractivity contribution in [2.24, 2.45) is 0 Å². The molecule has 0 aliphatic rings. The zero-order valence-corrected chi connectivity index (χ0v) is 13.7. The molecule has 0 bridgehead atoms. The van der Waals surface area contributed by atoms with Crippen LogP contribution < -0.4 is 10.6 Å². The first kappa shape index (κ1) is 17.8. The van der Waals surface area contributed by atoms with E-state index in [1.54, 1.807) is 12.1 Å². The third-order valence-electron chi connectivity index (χ3n) is 3.17. The second-order valence-corrected chi connectivity index (χ2v) is 5.84. The van der Waals surface area contributed by atoms with E-state index >= 15 is 0 Å². The van der Waals surface area contributed by atoms with Crippen LogP contribution in [0.3, 0.4) is 0 Å². The highest BCUT2D eigenvalue weighted by Crippen LogP contribution is 2.19. The zero-order valence-electron chi connectivity index (χ0n) is 12.9. The Kier molecular flexibility index (Phi) is 8.90. The molecule has 3 nitrogen and oxygen atoms in total. The number of halogens is 1. The van der Waals surface area contributed by atoms with Gasteiger partial charge in [0.2, 0.25) is 0 Å². The molecule has 1 rings (SSSR count). The summed E-state index contributed by atoms with van der Waals surface area (Å²) < 4.78 is 13.7. The molecule has 0 aromatic heterocycles. The smallest absolute Gasteiger partial charge is 0.253 e. The van der Waals surface area contributed by atoms with Crippen LogP contribution in [-0.4, -0.2) is 31.0 Å². The van der Waals surface area contributed by atoms with Crippen molar-refractivity contribution < 1.29 is 9.18 Å². The molecule has 2 N–H and O–H groups in total. The van der Waals surface area contributed by atoms with Gasteiger partial charge in [0.1, 0.15) is 5.82 Å².